The van der Waals surface area contributed by atoms with E-state index in [0.717, 1.165) is 11.3 Å². The van der Waals surface area contributed by atoms with E-state index < -0.39 is 6.04 Å². The van der Waals surface area contributed by atoms with Crippen molar-refractivity contribution in [2.75, 3.05) is 5.75 Å². The van der Waals surface area contributed by atoms with E-state index >= 15 is 0 Å². The Labute approximate surface area is 134 Å². The summed E-state index contributed by atoms with van der Waals surface area (Å²) in [6, 6.07) is 3.21. The Hall–Kier alpha value is -1.44. The van der Waals surface area contributed by atoms with Crippen LogP contribution in [-0.2, 0) is 4.79 Å². The number of halogens is 1. The molecule has 1 unspecified atom stereocenters. The van der Waals surface area contributed by atoms with Gasteiger partial charge in [-0.3, -0.25) is 14.6 Å². The van der Waals surface area contributed by atoms with Gasteiger partial charge in [0.05, 0.1) is 6.04 Å². The third kappa shape index (κ3) is 3.09. The number of aromatic nitrogens is 2. The minimum Gasteiger partial charge on any atom is -0.340 e. The van der Waals surface area contributed by atoms with Crippen molar-refractivity contribution in [1.29, 1.82) is 0 Å². The van der Waals surface area contributed by atoms with Gasteiger partial charge >= 0.3 is 0 Å². The molecule has 0 aromatic carbocycles. The second kappa shape index (κ2) is 6.13. The van der Waals surface area contributed by atoms with Gasteiger partial charge in [0, 0.05) is 23.7 Å². The summed E-state index contributed by atoms with van der Waals surface area (Å²) in [5.41, 5.74) is 0.802. The van der Waals surface area contributed by atoms with Gasteiger partial charge in [0.25, 0.3) is 5.91 Å². The van der Waals surface area contributed by atoms with E-state index in [1.54, 1.807) is 18.5 Å². The average Bonchev–Trinajstić information content (AvgIpc) is 3.06. The number of nitrogens with zero attached hydrogens (tertiary/aromatic N) is 2. The van der Waals surface area contributed by atoms with Crippen LogP contribution in [0.3, 0.4) is 0 Å². The molecule has 3 rings (SSSR count). The number of hydrogen-bond acceptors (Lipinski definition) is 6. The molecule has 1 fully saturated rings. The molecule has 2 aromatic rings. The number of hydrogen-bond donors (Lipinski definition) is 1. The van der Waals surface area contributed by atoms with E-state index in [2.05, 4.69) is 15.3 Å². The van der Waals surface area contributed by atoms with Crippen molar-refractivity contribution in [2.24, 2.45) is 0 Å². The van der Waals surface area contributed by atoms with Crippen LogP contribution in [0.25, 0.3) is 10.6 Å². The number of nitrogens with one attached hydrogen (secondary N) is 1. The maximum atomic E-state index is 12.2. The number of thioether (sulfide) groups is 1. The second-order valence-corrected chi connectivity index (χ2v) is 6.82. The van der Waals surface area contributed by atoms with Gasteiger partial charge in [-0.2, -0.15) is 0 Å². The number of carbonyl (C=O) groups excluding carboxylic acids is 2. The molecule has 0 bridgehead atoms. The molecule has 1 atom stereocenters. The molecular weight excluding hydrogens is 330 g/mol. The molecule has 21 heavy (non-hydrogen) atoms. The van der Waals surface area contributed by atoms with Crippen molar-refractivity contribution < 1.29 is 9.59 Å². The normalized spacial score (nSPS) is 18.0. The molecule has 8 heteroatoms. The van der Waals surface area contributed by atoms with Crippen molar-refractivity contribution >= 4 is 45.7 Å². The first-order chi connectivity index (χ1) is 10.1. The third-order valence-electron chi connectivity index (χ3n) is 2.94. The summed E-state index contributed by atoms with van der Waals surface area (Å²) in [4.78, 5) is 32.3. The summed E-state index contributed by atoms with van der Waals surface area (Å²) in [7, 11) is 0. The molecule has 3 heterocycles. The van der Waals surface area contributed by atoms with Gasteiger partial charge in [0.15, 0.2) is 5.15 Å². The van der Waals surface area contributed by atoms with Gasteiger partial charge in [0.1, 0.15) is 9.88 Å². The molecule has 0 spiro atoms. The highest BCUT2D eigenvalue weighted by molar-refractivity contribution is 8.14. The van der Waals surface area contributed by atoms with E-state index in [0.29, 0.717) is 16.3 Å². The van der Waals surface area contributed by atoms with Crippen molar-refractivity contribution in [1.82, 2.24) is 15.3 Å². The molecule has 108 valence electrons. The van der Waals surface area contributed by atoms with E-state index in [-0.39, 0.29) is 16.2 Å². The molecule has 1 aliphatic rings. The van der Waals surface area contributed by atoms with Crippen molar-refractivity contribution in [3.05, 3.63) is 34.6 Å². The highest BCUT2D eigenvalue weighted by atomic mass is 35.5. The van der Waals surface area contributed by atoms with Gasteiger partial charge in [-0.15, -0.1) is 11.3 Å². The molecule has 1 amide bonds. The lowest BCUT2D eigenvalue weighted by Gasteiger charge is -2.08. The van der Waals surface area contributed by atoms with E-state index in [1.165, 1.54) is 23.1 Å². The van der Waals surface area contributed by atoms with Crippen molar-refractivity contribution in [3.8, 4) is 10.6 Å². The Bertz CT molecular complexity index is 690. The summed E-state index contributed by atoms with van der Waals surface area (Å²) in [5, 5.41) is 3.49. The summed E-state index contributed by atoms with van der Waals surface area (Å²) < 4.78 is 0. The van der Waals surface area contributed by atoms with Crippen LogP contribution < -0.4 is 5.32 Å². The van der Waals surface area contributed by atoms with Gasteiger partial charge in [-0.05, 0) is 18.6 Å². The topological polar surface area (TPSA) is 72.0 Å². The Kier molecular flexibility index (Phi) is 4.23. The van der Waals surface area contributed by atoms with Crippen LogP contribution in [-0.4, -0.2) is 32.8 Å². The number of pyridine rings is 1. The summed E-state index contributed by atoms with van der Waals surface area (Å²) in [5.74, 6) is 0.384. The minimum absolute atomic E-state index is 0.00327. The van der Waals surface area contributed by atoms with Crippen LogP contribution in [0.4, 0.5) is 0 Å². The summed E-state index contributed by atoms with van der Waals surface area (Å²) >= 11 is 8.47. The fourth-order valence-electron chi connectivity index (χ4n) is 1.91. The van der Waals surface area contributed by atoms with E-state index in [4.69, 9.17) is 11.6 Å². The zero-order chi connectivity index (χ0) is 14.8. The molecule has 0 radical (unpaired) electrons. The van der Waals surface area contributed by atoms with Crippen molar-refractivity contribution in [3.63, 3.8) is 0 Å². The number of rotatable bonds is 3. The van der Waals surface area contributed by atoms with Crippen LogP contribution in [0.5, 0.6) is 0 Å². The smallest absolute Gasteiger partial charge is 0.265 e. The average molecular weight is 340 g/mol. The fraction of sp³-hybridized carbons (Fsp3) is 0.231. The van der Waals surface area contributed by atoms with Gasteiger partial charge in [-0.25, -0.2) is 4.98 Å². The van der Waals surface area contributed by atoms with Crippen LogP contribution >= 0.6 is 34.7 Å². The van der Waals surface area contributed by atoms with E-state index in [1.807, 2.05) is 6.07 Å². The number of thiazole rings is 1. The van der Waals surface area contributed by atoms with Crippen molar-refractivity contribution in [2.45, 2.75) is 12.5 Å². The first-order valence-electron chi connectivity index (χ1n) is 6.19. The molecule has 1 saturated heterocycles. The predicted molar refractivity (Wildman–Crippen MR) is 83.7 cm³/mol. The minimum atomic E-state index is -0.428. The second-order valence-electron chi connectivity index (χ2n) is 4.36. The largest absolute Gasteiger partial charge is 0.340 e. The molecule has 2 aromatic heterocycles. The predicted octanol–water partition coefficient (Wildman–Crippen LogP) is 2.62. The summed E-state index contributed by atoms with van der Waals surface area (Å²) in [6.07, 6.45) is 3.98. The van der Waals surface area contributed by atoms with Crippen LogP contribution in [0.2, 0.25) is 5.15 Å². The molecular formula is C13H10ClN3O2S2. The quantitative estimate of drug-likeness (QED) is 0.930. The van der Waals surface area contributed by atoms with Crippen LogP contribution in [0.15, 0.2) is 24.5 Å². The molecule has 1 N–H and O–H groups in total. The highest BCUT2D eigenvalue weighted by Crippen LogP contribution is 2.30. The lowest BCUT2D eigenvalue weighted by Crippen LogP contribution is -2.36. The maximum absolute atomic E-state index is 12.2. The Balaban J connectivity index is 1.81. The Morgan fingerprint density at radius 1 is 1.48 bits per heavy atom. The monoisotopic (exact) mass is 339 g/mol. The summed E-state index contributed by atoms with van der Waals surface area (Å²) in [6.45, 7) is 0. The lowest BCUT2D eigenvalue weighted by molar-refractivity contribution is -0.112. The first-order valence-corrected chi connectivity index (χ1v) is 8.37. The van der Waals surface area contributed by atoms with Crippen LogP contribution in [0, 0.1) is 0 Å². The van der Waals surface area contributed by atoms with Gasteiger partial charge < -0.3 is 5.32 Å². The first kappa shape index (κ1) is 14.5. The Morgan fingerprint density at radius 2 is 2.33 bits per heavy atom. The SMILES string of the molecule is O=C(NC1CCSC1=O)c1sc(-c2cccnc2)nc1Cl. The number of amides is 1. The maximum Gasteiger partial charge on any atom is 0.265 e. The standard InChI is InChI=1S/C13H10ClN3O2S2/c14-10-9(11(18)16-8-3-5-20-13(8)19)21-12(17-10)7-2-1-4-15-6-7/h1-2,4,6,8H,3,5H2,(H,16,18). The van der Waals surface area contributed by atoms with Crippen LogP contribution in [0.1, 0.15) is 16.1 Å². The zero-order valence-corrected chi connectivity index (χ0v) is 13.1. The third-order valence-corrected chi connectivity index (χ3v) is 5.44. The van der Waals surface area contributed by atoms with Gasteiger partial charge in [-0.1, -0.05) is 23.4 Å². The molecule has 1 aliphatic heterocycles. The fourth-order valence-corrected chi connectivity index (χ4v) is 4.02. The Morgan fingerprint density at radius 3 is 3.00 bits per heavy atom. The van der Waals surface area contributed by atoms with Gasteiger partial charge in [0.2, 0.25) is 5.12 Å². The van der Waals surface area contributed by atoms with E-state index in [9.17, 15) is 9.59 Å². The highest BCUT2D eigenvalue weighted by Gasteiger charge is 2.28. The number of carbonyl (C=O) groups is 2. The lowest BCUT2D eigenvalue weighted by atomic mass is 10.2. The molecule has 5 nitrogen and oxygen atoms in total. The zero-order valence-electron chi connectivity index (χ0n) is 10.7. The molecule has 0 aliphatic carbocycles. The molecule has 0 saturated carbocycles.